The molecule has 0 heterocycles. The van der Waals surface area contributed by atoms with Gasteiger partial charge >= 0.3 is 0 Å². The average Bonchev–Trinajstić information content (AvgIpc) is 2.46. The number of benzene rings is 2. The molecule has 0 saturated carbocycles. The number of rotatable bonds is 5. The summed E-state index contributed by atoms with van der Waals surface area (Å²) in [6, 6.07) is 13.4. The molecular weight excluding hydrogens is 277 g/mol. The molecule has 0 saturated heterocycles. The molecule has 0 aromatic heterocycles. The Hall–Kier alpha value is -2.01. The first-order chi connectivity index (χ1) is 9.61. The number of carbonyl (C=O) groups is 1. The van der Waals surface area contributed by atoms with Crippen LogP contribution in [-0.2, 0) is 17.5 Å². The van der Waals surface area contributed by atoms with E-state index in [1.54, 1.807) is 22.7 Å². The average molecular weight is 291 g/mol. The predicted octanol–water partition coefficient (Wildman–Crippen LogP) is 2.94. The summed E-state index contributed by atoms with van der Waals surface area (Å²) in [5, 5.41) is 0. The summed E-state index contributed by atoms with van der Waals surface area (Å²) in [5.74, 6) is -0.471. The fourth-order valence-corrected chi connectivity index (χ4v) is 2.58. The molecule has 2 aromatic carbocycles. The minimum atomic E-state index is -1.27. The van der Waals surface area contributed by atoms with Gasteiger partial charge in [0.25, 0.3) is 0 Å². The minimum absolute atomic E-state index is 0.179. The summed E-state index contributed by atoms with van der Waals surface area (Å²) in [5.41, 5.74) is 1.44. The molecule has 5 heteroatoms. The fourth-order valence-electron chi connectivity index (χ4n) is 1.84. The second-order valence-electron chi connectivity index (χ2n) is 4.26. The third kappa shape index (κ3) is 3.30. The van der Waals surface area contributed by atoms with Crippen molar-refractivity contribution in [1.29, 1.82) is 0 Å². The zero-order valence-corrected chi connectivity index (χ0v) is 11.8. The third-order valence-electron chi connectivity index (χ3n) is 2.88. The highest BCUT2D eigenvalue weighted by atomic mass is 32.2. The Balaban J connectivity index is 2.30. The highest BCUT2D eigenvalue weighted by Gasteiger charge is 2.13. The van der Waals surface area contributed by atoms with Gasteiger partial charge in [0, 0.05) is 23.1 Å². The molecule has 0 N–H and O–H groups in total. The number of carbonyl (C=O) groups excluding carboxylic acids is 1. The molecular formula is C15H14FNO2S. The van der Waals surface area contributed by atoms with E-state index in [-0.39, 0.29) is 12.1 Å². The van der Waals surface area contributed by atoms with Gasteiger partial charge in [0.2, 0.25) is 0 Å². The predicted molar refractivity (Wildman–Crippen MR) is 78.5 cm³/mol. The maximum atomic E-state index is 13.9. The van der Waals surface area contributed by atoms with Gasteiger partial charge in [0.15, 0.2) is 0 Å². The Labute approximate surface area is 119 Å². The van der Waals surface area contributed by atoms with Gasteiger partial charge in [-0.2, -0.15) is 0 Å². The van der Waals surface area contributed by atoms with Crippen molar-refractivity contribution >= 4 is 23.0 Å². The third-order valence-corrected chi connectivity index (χ3v) is 3.84. The molecule has 0 aliphatic carbocycles. The SMILES string of the molecule is CS(=O)N(Cc1ccc(C=O)cc1F)c1ccccc1. The van der Waals surface area contributed by atoms with Crippen LogP contribution in [0.4, 0.5) is 10.1 Å². The van der Waals surface area contributed by atoms with Crippen LogP contribution in [0.3, 0.4) is 0 Å². The van der Waals surface area contributed by atoms with E-state index in [4.69, 9.17) is 0 Å². The maximum Gasteiger partial charge on any atom is 0.150 e. The van der Waals surface area contributed by atoms with Crippen molar-refractivity contribution in [3.63, 3.8) is 0 Å². The van der Waals surface area contributed by atoms with Crippen LogP contribution >= 0.6 is 0 Å². The highest BCUT2D eigenvalue weighted by Crippen LogP contribution is 2.20. The van der Waals surface area contributed by atoms with Gasteiger partial charge < -0.3 is 0 Å². The molecule has 2 aromatic rings. The second-order valence-corrected chi connectivity index (χ2v) is 5.55. The van der Waals surface area contributed by atoms with Gasteiger partial charge in [-0.05, 0) is 18.2 Å². The Morgan fingerprint density at radius 2 is 1.90 bits per heavy atom. The quantitative estimate of drug-likeness (QED) is 0.794. The molecule has 0 bridgehead atoms. The van der Waals surface area contributed by atoms with Gasteiger partial charge in [-0.25, -0.2) is 8.60 Å². The van der Waals surface area contributed by atoms with Crippen molar-refractivity contribution < 1.29 is 13.4 Å². The lowest BCUT2D eigenvalue weighted by Crippen LogP contribution is -2.24. The fraction of sp³-hybridized carbons (Fsp3) is 0.133. The molecule has 1 unspecified atom stereocenters. The van der Waals surface area contributed by atoms with E-state index >= 15 is 0 Å². The van der Waals surface area contributed by atoms with Gasteiger partial charge in [-0.15, -0.1) is 0 Å². The molecule has 0 spiro atoms. The monoisotopic (exact) mass is 291 g/mol. The van der Waals surface area contributed by atoms with Crippen molar-refractivity contribution in [1.82, 2.24) is 0 Å². The van der Waals surface area contributed by atoms with Gasteiger partial charge in [0.05, 0.1) is 6.54 Å². The summed E-state index contributed by atoms with van der Waals surface area (Å²) in [6.07, 6.45) is 2.14. The summed E-state index contributed by atoms with van der Waals surface area (Å²) >= 11 is 0. The van der Waals surface area contributed by atoms with E-state index in [2.05, 4.69) is 0 Å². The van der Waals surface area contributed by atoms with Crippen molar-refractivity contribution in [2.45, 2.75) is 6.54 Å². The molecule has 20 heavy (non-hydrogen) atoms. The van der Waals surface area contributed by atoms with Gasteiger partial charge in [-0.3, -0.25) is 9.10 Å². The Kier molecular flexibility index (Phi) is 4.63. The van der Waals surface area contributed by atoms with E-state index in [9.17, 15) is 13.4 Å². The molecule has 0 radical (unpaired) electrons. The lowest BCUT2D eigenvalue weighted by Gasteiger charge is -2.22. The van der Waals surface area contributed by atoms with Crippen LogP contribution < -0.4 is 4.31 Å². The van der Waals surface area contributed by atoms with E-state index in [1.807, 2.05) is 30.3 Å². The van der Waals surface area contributed by atoms with Crippen LogP contribution in [0.25, 0.3) is 0 Å². The van der Waals surface area contributed by atoms with Crippen LogP contribution in [-0.4, -0.2) is 16.8 Å². The smallest absolute Gasteiger partial charge is 0.150 e. The van der Waals surface area contributed by atoms with E-state index < -0.39 is 16.8 Å². The molecule has 1 atom stereocenters. The van der Waals surface area contributed by atoms with Crippen LogP contribution in [0, 0.1) is 5.82 Å². The van der Waals surface area contributed by atoms with Crippen molar-refractivity contribution in [3.05, 3.63) is 65.5 Å². The zero-order chi connectivity index (χ0) is 14.5. The largest absolute Gasteiger partial charge is 0.298 e. The Morgan fingerprint density at radius 1 is 1.20 bits per heavy atom. The first-order valence-corrected chi connectivity index (χ1v) is 7.53. The van der Waals surface area contributed by atoms with Gasteiger partial charge in [0.1, 0.15) is 23.1 Å². The van der Waals surface area contributed by atoms with Crippen molar-refractivity contribution in [3.8, 4) is 0 Å². The topological polar surface area (TPSA) is 37.4 Å². The van der Waals surface area contributed by atoms with Crippen LogP contribution in [0.2, 0.25) is 0 Å². The first kappa shape index (κ1) is 14.4. The standard InChI is InChI=1S/C15H14FNO2S/c1-20(19)17(14-5-3-2-4-6-14)10-13-8-7-12(11-18)9-15(13)16/h2-9,11H,10H2,1H3. The molecule has 0 aliphatic rings. The van der Waals surface area contributed by atoms with Crippen LogP contribution in [0.5, 0.6) is 0 Å². The highest BCUT2D eigenvalue weighted by molar-refractivity contribution is 7.85. The number of anilines is 1. The molecule has 0 aliphatic heterocycles. The summed E-state index contributed by atoms with van der Waals surface area (Å²) < 4.78 is 27.3. The lowest BCUT2D eigenvalue weighted by atomic mass is 10.1. The van der Waals surface area contributed by atoms with Gasteiger partial charge in [-0.1, -0.05) is 30.3 Å². The number of aldehydes is 1. The maximum absolute atomic E-state index is 13.9. The van der Waals surface area contributed by atoms with Crippen molar-refractivity contribution in [2.75, 3.05) is 10.6 Å². The zero-order valence-electron chi connectivity index (χ0n) is 11.0. The number of halogens is 1. The number of para-hydroxylation sites is 1. The Morgan fingerprint density at radius 3 is 2.45 bits per heavy atom. The Bertz CT molecular complexity index is 631. The molecule has 3 nitrogen and oxygen atoms in total. The number of nitrogens with zero attached hydrogens (tertiary/aromatic N) is 1. The first-order valence-electron chi connectivity index (χ1n) is 6.01. The van der Waals surface area contributed by atoms with Crippen molar-refractivity contribution in [2.24, 2.45) is 0 Å². The summed E-state index contributed by atoms with van der Waals surface area (Å²) in [6.45, 7) is 0.179. The molecule has 0 amide bonds. The summed E-state index contributed by atoms with van der Waals surface area (Å²) in [4.78, 5) is 10.6. The van der Waals surface area contributed by atoms with E-state index in [0.29, 0.717) is 11.8 Å². The van der Waals surface area contributed by atoms with E-state index in [0.717, 1.165) is 5.69 Å². The molecule has 104 valence electrons. The molecule has 2 rings (SSSR count). The van der Waals surface area contributed by atoms with Crippen LogP contribution in [0.1, 0.15) is 15.9 Å². The van der Waals surface area contributed by atoms with E-state index in [1.165, 1.54) is 6.07 Å². The molecule has 0 fully saturated rings. The normalized spacial score (nSPS) is 11.9. The summed E-state index contributed by atoms with van der Waals surface area (Å²) in [7, 11) is -1.27. The minimum Gasteiger partial charge on any atom is -0.298 e. The number of hydrogen-bond donors (Lipinski definition) is 0. The second kappa shape index (κ2) is 6.43. The number of hydrogen-bond acceptors (Lipinski definition) is 2. The van der Waals surface area contributed by atoms with Crippen LogP contribution in [0.15, 0.2) is 48.5 Å². The lowest BCUT2D eigenvalue weighted by molar-refractivity contribution is 0.112.